The highest BCUT2D eigenvalue weighted by Gasteiger charge is 2.37. The van der Waals surface area contributed by atoms with E-state index in [9.17, 15) is 18.0 Å². The standard InChI is InChI=1S/C25H29N3O5S/c1-3-21-24(29)26-19-14-16(2)23(15-22(19)33-21)34(31,32)27-11-8-18(9-12-27)25(30)28-13-10-17-6-4-5-7-20(17)28/h4-7,14-15,18,21H,3,8-13H2,1-2H3,(H,26,29)/t21-/m0/s1. The number of hydrogen-bond donors (Lipinski definition) is 1. The second kappa shape index (κ2) is 8.70. The van der Waals surface area contributed by atoms with Crippen LogP contribution in [0.5, 0.6) is 5.75 Å². The summed E-state index contributed by atoms with van der Waals surface area (Å²) >= 11 is 0. The minimum absolute atomic E-state index is 0.0849. The molecule has 0 spiro atoms. The molecule has 1 fully saturated rings. The van der Waals surface area contributed by atoms with Gasteiger partial charge < -0.3 is 15.0 Å². The van der Waals surface area contributed by atoms with Crippen LogP contribution in [0, 0.1) is 12.8 Å². The summed E-state index contributed by atoms with van der Waals surface area (Å²) in [4.78, 5) is 27.3. The molecule has 1 saturated heterocycles. The lowest BCUT2D eigenvalue weighted by Gasteiger charge is -2.33. The average molecular weight is 484 g/mol. The van der Waals surface area contributed by atoms with Gasteiger partial charge in [0.25, 0.3) is 5.91 Å². The third-order valence-electron chi connectivity index (χ3n) is 7.04. The van der Waals surface area contributed by atoms with E-state index in [1.807, 2.05) is 30.0 Å². The molecule has 1 atom stereocenters. The van der Waals surface area contributed by atoms with Crippen molar-refractivity contribution in [2.45, 2.75) is 50.5 Å². The second-order valence-electron chi connectivity index (χ2n) is 9.16. The summed E-state index contributed by atoms with van der Waals surface area (Å²) in [6, 6.07) is 11.1. The maximum atomic E-state index is 13.5. The predicted molar refractivity (Wildman–Crippen MR) is 128 cm³/mol. The zero-order chi connectivity index (χ0) is 24.0. The van der Waals surface area contributed by atoms with E-state index >= 15 is 0 Å². The lowest BCUT2D eigenvalue weighted by atomic mass is 9.96. The van der Waals surface area contributed by atoms with Gasteiger partial charge in [-0.25, -0.2) is 8.42 Å². The van der Waals surface area contributed by atoms with Crippen molar-refractivity contribution < 1.29 is 22.7 Å². The van der Waals surface area contributed by atoms with Crippen LogP contribution in [0.4, 0.5) is 11.4 Å². The number of sulfonamides is 1. The SMILES string of the molecule is CC[C@@H]1Oc2cc(S(=O)(=O)N3CCC(C(=O)N4CCc5ccccc54)CC3)c(C)cc2NC1=O. The van der Waals surface area contributed by atoms with Crippen LogP contribution in [0.2, 0.25) is 0 Å². The lowest BCUT2D eigenvalue weighted by molar-refractivity contribution is -0.124. The molecule has 0 radical (unpaired) electrons. The van der Waals surface area contributed by atoms with Crippen LogP contribution in [-0.4, -0.2) is 50.3 Å². The van der Waals surface area contributed by atoms with Crippen LogP contribution in [-0.2, 0) is 26.0 Å². The molecule has 2 amide bonds. The molecule has 5 rings (SSSR count). The first-order valence-electron chi connectivity index (χ1n) is 11.8. The Labute approximate surface area is 199 Å². The van der Waals surface area contributed by atoms with Crippen LogP contribution in [0.1, 0.15) is 37.3 Å². The number of carbonyl (C=O) groups excluding carboxylic acids is 2. The molecule has 0 aromatic heterocycles. The number of aryl methyl sites for hydroxylation is 1. The molecule has 3 aliphatic rings. The van der Waals surface area contributed by atoms with Crippen LogP contribution >= 0.6 is 0 Å². The molecule has 8 nitrogen and oxygen atoms in total. The van der Waals surface area contributed by atoms with Gasteiger partial charge in [-0.05, 0) is 55.9 Å². The van der Waals surface area contributed by atoms with Gasteiger partial charge in [-0.3, -0.25) is 9.59 Å². The maximum absolute atomic E-state index is 13.5. The van der Waals surface area contributed by atoms with E-state index in [2.05, 4.69) is 11.4 Å². The third kappa shape index (κ3) is 3.86. The quantitative estimate of drug-likeness (QED) is 0.721. The largest absolute Gasteiger partial charge is 0.478 e. The Balaban J connectivity index is 1.31. The van der Waals surface area contributed by atoms with E-state index in [-0.39, 0.29) is 22.6 Å². The molecule has 0 saturated carbocycles. The fraction of sp³-hybridized carbons (Fsp3) is 0.440. The minimum atomic E-state index is -3.77. The molecule has 180 valence electrons. The molecule has 0 unspecified atom stereocenters. The van der Waals surface area contributed by atoms with E-state index in [0.717, 1.165) is 12.1 Å². The Morgan fingerprint density at radius 2 is 1.88 bits per heavy atom. The number of carbonyl (C=O) groups is 2. The fourth-order valence-corrected chi connectivity index (χ4v) is 6.79. The Morgan fingerprint density at radius 1 is 1.15 bits per heavy atom. The summed E-state index contributed by atoms with van der Waals surface area (Å²) in [6.07, 6.45) is 1.69. The number of fused-ring (bicyclic) bond motifs is 2. The van der Waals surface area contributed by atoms with Crippen molar-refractivity contribution in [3.8, 4) is 5.75 Å². The number of nitrogens with one attached hydrogen (secondary N) is 1. The number of benzene rings is 2. The normalized spacial score (nSPS) is 20.9. The molecule has 3 aliphatic heterocycles. The highest BCUT2D eigenvalue weighted by Crippen LogP contribution is 2.37. The number of amides is 2. The summed E-state index contributed by atoms with van der Waals surface area (Å²) in [5.74, 6) is 0.0403. The number of para-hydroxylation sites is 1. The Kier molecular flexibility index (Phi) is 5.85. The van der Waals surface area contributed by atoms with Crippen LogP contribution in [0.15, 0.2) is 41.3 Å². The summed E-state index contributed by atoms with van der Waals surface area (Å²) in [5.41, 5.74) is 3.19. The first kappa shape index (κ1) is 22.9. The van der Waals surface area contributed by atoms with Gasteiger partial charge in [0.1, 0.15) is 5.75 Å². The van der Waals surface area contributed by atoms with Gasteiger partial charge in [0.05, 0.1) is 10.6 Å². The van der Waals surface area contributed by atoms with Crippen molar-refractivity contribution in [3.05, 3.63) is 47.5 Å². The molecule has 2 aromatic carbocycles. The summed E-state index contributed by atoms with van der Waals surface area (Å²) in [6.45, 7) is 4.82. The van der Waals surface area contributed by atoms with E-state index in [1.54, 1.807) is 13.0 Å². The molecule has 2 aromatic rings. The highest BCUT2D eigenvalue weighted by molar-refractivity contribution is 7.89. The van der Waals surface area contributed by atoms with E-state index in [1.165, 1.54) is 15.9 Å². The van der Waals surface area contributed by atoms with Crippen molar-refractivity contribution in [2.75, 3.05) is 29.9 Å². The number of ether oxygens (including phenoxy) is 1. The Morgan fingerprint density at radius 3 is 2.62 bits per heavy atom. The van der Waals surface area contributed by atoms with E-state index in [4.69, 9.17) is 4.74 Å². The van der Waals surface area contributed by atoms with Gasteiger partial charge >= 0.3 is 0 Å². The number of anilines is 2. The Hall–Kier alpha value is -2.91. The zero-order valence-corrected chi connectivity index (χ0v) is 20.2. The smallest absolute Gasteiger partial charge is 0.265 e. The highest BCUT2D eigenvalue weighted by atomic mass is 32.2. The number of piperidine rings is 1. The number of hydrogen-bond acceptors (Lipinski definition) is 5. The third-order valence-corrected chi connectivity index (χ3v) is 9.08. The molecule has 9 heteroatoms. The van der Waals surface area contributed by atoms with Crippen molar-refractivity contribution in [3.63, 3.8) is 0 Å². The first-order valence-corrected chi connectivity index (χ1v) is 13.2. The molecule has 34 heavy (non-hydrogen) atoms. The summed E-state index contributed by atoms with van der Waals surface area (Å²) in [5, 5.41) is 2.80. The van der Waals surface area contributed by atoms with Crippen molar-refractivity contribution >= 4 is 33.2 Å². The predicted octanol–water partition coefficient (Wildman–Crippen LogP) is 3.09. The molecule has 0 bridgehead atoms. The summed E-state index contributed by atoms with van der Waals surface area (Å²) < 4.78 is 34.2. The maximum Gasteiger partial charge on any atom is 0.265 e. The molecular formula is C25H29N3O5S. The molecule has 1 N–H and O–H groups in total. The van der Waals surface area contributed by atoms with Gasteiger partial charge in [-0.15, -0.1) is 0 Å². The van der Waals surface area contributed by atoms with Gasteiger partial charge in [0, 0.05) is 37.3 Å². The second-order valence-corrected chi connectivity index (χ2v) is 11.1. The van der Waals surface area contributed by atoms with Gasteiger partial charge in [0.15, 0.2) is 6.10 Å². The van der Waals surface area contributed by atoms with E-state index in [0.29, 0.717) is 55.9 Å². The average Bonchev–Trinajstić information content (AvgIpc) is 3.27. The number of rotatable bonds is 4. The number of nitrogens with zero attached hydrogens (tertiary/aromatic N) is 2. The molecular weight excluding hydrogens is 454 g/mol. The molecule has 0 aliphatic carbocycles. The van der Waals surface area contributed by atoms with Crippen LogP contribution in [0.25, 0.3) is 0 Å². The minimum Gasteiger partial charge on any atom is -0.478 e. The van der Waals surface area contributed by atoms with Crippen LogP contribution < -0.4 is 15.0 Å². The van der Waals surface area contributed by atoms with Crippen LogP contribution in [0.3, 0.4) is 0 Å². The molecule has 3 heterocycles. The monoisotopic (exact) mass is 483 g/mol. The summed E-state index contributed by atoms with van der Waals surface area (Å²) in [7, 11) is -3.77. The van der Waals surface area contributed by atoms with Crippen molar-refractivity contribution in [1.82, 2.24) is 4.31 Å². The van der Waals surface area contributed by atoms with E-state index < -0.39 is 16.1 Å². The fourth-order valence-electron chi connectivity index (χ4n) is 5.10. The van der Waals surface area contributed by atoms with Gasteiger partial charge in [-0.2, -0.15) is 4.31 Å². The van der Waals surface area contributed by atoms with Gasteiger partial charge in [0.2, 0.25) is 15.9 Å². The van der Waals surface area contributed by atoms with Crippen molar-refractivity contribution in [1.29, 1.82) is 0 Å². The van der Waals surface area contributed by atoms with Crippen molar-refractivity contribution in [2.24, 2.45) is 5.92 Å². The first-order chi connectivity index (χ1) is 16.3. The van der Waals surface area contributed by atoms with Gasteiger partial charge in [-0.1, -0.05) is 25.1 Å². The lowest BCUT2D eigenvalue weighted by Crippen LogP contribution is -2.44. The zero-order valence-electron chi connectivity index (χ0n) is 19.4. The Bertz CT molecular complexity index is 1250. The topological polar surface area (TPSA) is 96.0 Å².